The molecular weight excluding hydrogens is 270 g/mol. The molecule has 0 aliphatic heterocycles. The number of nitrogens with one attached hydrogen (secondary N) is 1. The molecule has 21 heavy (non-hydrogen) atoms. The highest BCUT2D eigenvalue weighted by Crippen LogP contribution is 2.10. The molecule has 0 saturated carbocycles. The van der Waals surface area contributed by atoms with E-state index in [1.165, 1.54) is 0 Å². The Hall–Kier alpha value is -2.22. The number of ether oxygens (including phenoxy) is 1. The first-order valence-electron chi connectivity index (χ1n) is 7.04. The summed E-state index contributed by atoms with van der Waals surface area (Å²) in [4.78, 5) is 19.0. The van der Waals surface area contributed by atoms with Crippen LogP contribution >= 0.6 is 0 Å². The molecule has 1 N–H and O–H groups in total. The molecule has 0 unspecified atom stereocenters. The van der Waals surface area contributed by atoms with Crippen LogP contribution in [0.15, 0.2) is 18.7 Å². The smallest absolute Gasteiger partial charge is 0.323 e. The Morgan fingerprint density at radius 2 is 2.05 bits per heavy atom. The molecule has 0 bridgehead atoms. The fourth-order valence-electron chi connectivity index (χ4n) is 1.82. The van der Waals surface area contributed by atoms with E-state index < -0.39 is 0 Å². The van der Waals surface area contributed by atoms with Crippen LogP contribution in [0.1, 0.15) is 13.8 Å². The van der Waals surface area contributed by atoms with E-state index in [9.17, 15) is 0 Å². The van der Waals surface area contributed by atoms with Crippen molar-refractivity contribution in [2.45, 2.75) is 13.8 Å². The van der Waals surface area contributed by atoms with E-state index >= 15 is 0 Å². The van der Waals surface area contributed by atoms with Gasteiger partial charge in [0.15, 0.2) is 0 Å². The van der Waals surface area contributed by atoms with E-state index in [1.807, 2.05) is 0 Å². The van der Waals surface area contributed by atoms with Gasteiger partial charge >= 0.3 is 6.01 Å². The summed E-state index contributed by atoms with van der Waals surface area (Å²) in [6, 6.07) is 0.310. The monoisotopic (exact) mass is 291 g/mol. The van der Waals surface area contributed by atoms with Gasteiger partial charge in [-0.1, -0.05) is 13.8 Å². The summed E-state index contributed by atoms with van der Waals surface area (Å²) in [6.45, 7) is 7.63. The SMILES string of the molecule is CCN(CC)CCOc1nc(NC)nc(-n2ccnc2)n1. The summed E-state index contributed by atoms with van der Waals surface area (Å²) in [5, 5.41) is 2.90. The summed E-state index contributed by atoms with van der Waals surface area (Å²) >= 11 is 0. The van der Waals surface area contributed by atoms with Crippen molar-refractivity contribution in [1.82, 2.24) is 29.4 Å². The van der Waals surface area contributed by atoms with Crippen LogP contribution in [-0.4, -0.2) is 62.7 Å². The summed E-state index contributed by atoms with van der Waals surface area (Å²) in [6.07, 6.45) is 5.08. The number of likely N-dealkylation sites (N-methyl/N-ethyl adjacent to an activating group) is 1. The summed E-state index contributed by atoms with van der Waals surface area (Å²) in [7, 11) is 1.76. The summed E-state index contributed by atoms with van der Waals surface area (Å²) < 4.78 is 7.35. The number of anilines is 1. The molecule has 0 saturated heterocycles. The average molecular weight is 291 g/mol. The van der Waals surface area contributed by atoms with Crippen LogP contribution in [0.4, 0.5) is 5.95 Å². The molecule has 0 amide bonds. The predicted octanol–water partition coefficient (Wildman–Crippen LogP) is 0.820. The molecule has 0 aliphatic rings. The van der Waals surface area contributed by atoms with Gasteiger partial charge in [0, 0.05) is 26.0 Å². The van der Waals surface area contributed by atoms with Crippen LogP contribution in [0.25, 0.3) is 5.95 Å². The van der Waals surface area contributed by atoms with Crippen LogP contribution < -0.4 is 10.1 Å². The number of aromatic nitrogens is 5. The second-order valence-corrected chi connectivity index (χ2v) is 4.34. The van der Waals surface area contributed by atoms with E-state index in [2.05, 4.69) is 44.0 Å². The lowest BCUT2D eigenvalue weighted by Crippen LogP contribution is -2.28. The van der Waals surface area contributed by atoms with Crippen molar-refractivity contribution in [2.75, 3.05) is 38.6 Å². The van der Waals surface area contributed by atoms with Crippen LogP contribution in [0, 0.1) is 0 Å². The van der Waals surface area contributed by atoms with Crippen LogP contribution in [-0.2, 0) is 0 Å². The van der Waals surface area contributed by atoms with Gasteiger partial charge in [0.1, 0.15) is 12.9 Å². The lowest BCUT2D eigenvalue weighted by Gasteiger charge is -2.17. The van der Waals surface area contributed by atoms with Crippen molar-refractivity contribution in [3.63, 3.8) is 0 Å². The van der Waals surface area contributed by atoms with Gasteiger partial charge in [-0.15, -0.1) is 0 Å². The third-order valence-electron chi connectivity index (χ3n) is 3.10. The molecule has 8 heteroatoms. The van der Waals surface area contributed by atoms with Crippen molar-refractivity contribution in [3.05, 3.63) is 18.7 Å². The number of hydrogen-bond donors (Lipinski definition) is 1. The van der Waals surface area contributed by atoms with Gasteiger partial charge in [-0.05, 0) is 13.1 Å². The fourth-order valence-corrected chi connectivity index (χ4v) is 1.82. The molecule has 0 radical (unpaired) electrons. The largest absolute Gasteiger partial charge is 0.462 e. The van der Waals surface area contributed by atoms with Crippen molar-refractivity contribution in [3.8, 4) is 12.0 Å². The molecule has 0 spiro atoms. The zero-order chi connectivity index (χ0) is 15.1. The number of imidazole rings is 1. The van der Waals surface area contributed by atoms with Gasteiger partial charge in [-0.2, -0.15) is 15.0 Å². The van der Waals surface area contributed by atoms with Gasteiger partial charge < -0.3 is 15.0 Å². The first kappa shape index (κ1) is 15.2. The third-order valence-corrected chi connectivity index (χ3v) is 3.10. The molecule has 2 aromatic heterocycles. The molecule has 2 rings (SSSR count). The lowest BCUT2D eigenvalue weighted by atomic mass is 10.5. The number of nitrogens with zero attached hydrogens (tertiary/aromatic N) is 6. The van der Waals surface area contributed by atoms with Crippen LogP contribution in [0.2, 0.25) is 0 Å². The highest BCUT2D eigenvalue weighted by atomic mass is 16.5. The minimum absolute atomic E-state index is 0.310. The van der Waals surface area contributed by atoms with Gasteiger partial charge in [-0.3, -0.25) is 4.57 Å². The number of rotatable bonds is 8. The Bertz CT molecular complexity index is 539. The van der Waals surface area contributed by atoms with Gasteiger partial charge in [-0.25, -0.2) is 4.98 Å². The molecular formula is C13H21N7O. The Balaban J connectivity index is 2.07. The maximum absolute atomic E-state index is 5.64. The van der Waals surface area contributed by atoms with Crippen molar-refractivity contribution in [2.24, 2.45) is 0 Å². The highest BCUT2D eigenvalue weighted by Gasteiger charge is 2.08. The maximum atomic E-state index is 5.64. The van der Waals surface area contributed by atoms with Crippen molar-refractivity contribution < 1.29 is 4.74 Å². The maximum Gasteiger partial charge on any atom is 0.323 e. The third kappa shape index (κ3) is 4.12. The topological polar surface area (TPSA) is 81.0 Å². The molecule has 0 aliphatic carbocycles. The first-order valence-corrected chi connectivity index (χ1v) is 7.04. The molecule has 0 aromatic carbocycles. The minimum atomic E-state index is 0.310. The van der Waals surface area contributed by atoms with E-state index in [0.717, 1.165) is 19.6 Å². The Labute approximate surface area is 124 Å². The lowest BCUT2D eigenvalue weighted by molar-refractivity contribution is 0.212. The Morgan fingerprint density at radius 1 is 1.24 bits per heavy atom. The zero-order valence-corrected chi connectivity index (χ0v) is 12.7. The summed E-state index contributed by atoms with van der Waals surface area (Å²) in [5.41, 5.74) is 0. The minimum Gasteiger partial charge on any atom is -0.462 e. The van der Waals surface area contributed by atoms with E-state index in [1.54, 1.807) is 30.3 Å². The molecule has 2 heterocycles. The second-order valence-electron chi connectivity index (χ2n) is 4.34. The van der Waals surface area contributed by atoms with E-state index in [0.29, 0.717) is 24.5 Å². The summed E-state index contributed by atoms with van der Waals surface area (Å²) in [5.74, 6) is 0.941. The fraction of sp³-hybridized carbons (Fsp3) is 0.538. The van der Waals surface area contributed by atoms with Crippen LogP contribution in [0.3, 0.4) is 0 Å². The first-order chi connectivity index (χ1) is 10.3. The second kappa shape index (κ2) is 7.53. The highest BCUT2D eigenvalue weighted by molar-refractivity contribution is 5.29. The molecule has 0 fully saturated rings. The molecule has 114 valence electrons. The average Bonchev–Trinajstić information content (AvgIpc) is 3.05. The Morgan fingerprint density at radius 3 is 2.67 bits per heavy atom. The van der Waals surface area contributed by atoms with Gasteiger partial charge in [0.25, 0.3) is 0 Å². The standard InChI is InChI=1S/C13H21N7O/c1-4-19(5-2)8-9-21-13-17-11(14-3)16-12(18-13)20-7-6-15-10-20/h6-7,10H,4-5,8-9H2,1-3H3,(H,14,16,17,18). The van der Waals surface area contributed by atoms with Gasteiger partial charge in [0.05, 0.1) is 0 Å². The van der Waals surface area contributed by atoms with E-state index in [4.69, 9.17) is 4.74 Å². The van der Waals surface area contributed by atoms with Crippen molar-refractivity contribution in [1.29, 1.82) is 0 Å². The molecule has 8 nitrogen and oxygen atoms in total. The van der Waals surface area contributed by atoms with Crippen LogP contribution in [0.5, 0.6) is 6.01 Å². The zero-order valence-electron chi connectivity index (χ0n) is 12.7. The molecule has 2 aromatic rings. The quantitative estimate of drug-likeness (QED) is 0.771. The van der Waals surface area contributed by atoms with Crippen molar-refractivity contribution >= 4 is 5.95 Å². The normalized spacial score (nSPS) is 10.9. The molecule has 0 atom stereocenters. The number of hydrogen-bond acceptors (Lipinski definition) is 7. The van der Waals surface area contributed by atoms with Gasteiger partial charge in [0.2, 0.25) is 11.9 Å². The Kier molecular flexibility index (Phi) is 5.44. The predicted molar refractivity (Wildman–Crippen MR) is 79.8 cm³/mol. The van der Waals surface area contributed by atoms with E-state index in [-0.39, 0.29) is 0 Å².